The number of nitrogens with zero attached hydrogens (tertiary/aromatic N) is 6. The molecule has 0 saturated heterocycles. The van der Waals surface area contributed by atoms with Crippen LogP contribution in [0.3, 0.4) is 0 Å². The molecule has 3 aromatic rings. The van der Waals surface area contributed by atoms with Crippen LogP contribution < -0.4 is 0 Å². The molecule has 0 aliphatic carbocycles. The summed E-state index contributed by atoms with van der Waals surface area (Å²) in [6.07, 6.45) is 3.24. The number of hydrogen-bond acceptors (Lipinski definition) is 6. The Balaban J connectivity index is 1.59. The number of aromatic hydroxyl groups is 1. The summed E-state index contributed by atoms with van der Waals surface area (Å²) in [5.41, 5.74) is 2.33. The van der Waals surface area contributed by atoms with Crippen molar-refractivity contribution < 1.29 is 14.7 Å². The molecule has 0 unspecified atom stereocenters. The third kappa shape index (κ3) is 2.86. The Labute approximate surface area is 154 Å². The topological polar surface area (TPSA) is 104 Å². The number of likely N-dealkylation sites (N-methyl/N-ethyl adjacent to an activating group) is 1. The molecule has 138 valence electrons. The van der Waals surface area contributed by atoms with Crippen LogP contribution >= 0.6 is 0 Å². The van der Waals surface area contributed by atoms with Crippen LogP contribution in [-0.4, -0.2) is 67.1 Å². The molecule has 4 rings (SSSR count). The third-order valence-corrected chi connectivity index (χ3v) is 4.63. The van der Waals surface area contributed by atoms with E-state index in [0.717, 1.165) is 16.6 Å². The average Bonchev–Trinajstić information content (AvgIpc) is 3.01. The van der Waals surface area contributed by atoms with Gasteiger partial charge in [0, 0.05) is 39.6 Å². The normalized spacial score (nSPS) is 13.7. The summed E-state index contributed by atoms with van der Waals surface area (Å²) in [5.74, 6) is -1.17. The molecule has 1 N–H and O–H groups in total. The predicted octanol–water partition coefficient (Wildman–Crippen LogP) is 0.890. The number of carbonyl (C=O) groups excluding carboxylic acids is 2. The molecule has 0 spiro atoms. The van der Waals surface area contributed by atoms with Gasteiger partial charge in [0.25, 0.3) is 11.8 Å². The molecule has 0 radical (unpaired) electrons. The molecule has 2 aromatic heterocycles. The molecule has 1 aliphatic rings. The minimum absolute atomic E-state index is 0.0569. The first-order chi connectivity index (χ1) is 13.0. The highest BCUT2D eigenvalue weighted by molar-refractivity contribution is 6.02. The summed E-state index contributed by atoms with van der Waals surface area (Å²) in [4.78, 5) is 36.4. The molecule has 1 aromatic carbocycles. The van der Waals surface area contributed by atoms with Crippen molar-refractivity contribution in [1.82, 2.24) is 29.5 Å². The summed E-state index contributed by atoms with van der Waals surface area (Å²) in [6.45, 7) is 1.22. The Morgan fingerprint density at radius 2 is 1.96 bits per heavy atom. The van der Waals surface area contributed by atoms with Crippen molar-refractivity contribution in [3.63, 3.8) is 0 Å². The van der Waals surface area contributed by atoms with E-state index in [1.54, 1.807) is 26.5 Å². The molecular weight excluding hydrogens is 348 g/mol. The van der Waals surface area contributed by atoms with Gasteiger partial charge >= 0.3 is 0 Å². The van der Waals surface area contributed by atoms with Crippen LogP contribution in [0.15, 0.2) is 30.6 Å². The number of rotatable bonds is 3. The van der Waals surface area contributed by atoms with Crippen LogP contribution in [0.2, 0.25) is 0 Å². The van der Waals surface area contributed by atoms with Crippen molar-refractivity contribution >= 4 is 22.8 Å². The van der Waals surface area contributed by atoms with E-state index in [1.807, 2.05) is 18.2 Å². The van der Waals surface area contributed by atoms with Gasteiger partial charge in [-0.3, -0.25) is 24.2 Å². The molecule has 0 saturated carbocycles. The van der Waals surface area contributed by atoms with Gasteiger partial charge in [-0.2, -0.15) is 5.10 Å². The molecule has 0 bridgehead atoms. The number of hydrogen-bond donors (Lipinski definition) is 1. The maximum atomic E-state index is 12.8. The molecule has 0 atom stereocenters. The molecular formula is C18H18N6O3. The van der Waals surface area contributed by atoms with Crippen LogP contribution in [0.25, 0.3) is 11.0 Å². The Morgan fingerprint density at radius 1 is 1.22 bits per heavy atom. The second kappa shape index (κ2) is 6.35. The van der Waals surface area contributed by atoms with Gasteiger partial charge in [0.1, 0.15) is 0 Å². The van der Waals surface area contributed by atoms with E-state index < -0.39 is 5.91 Å². The number of aromatic nitrogens is 4. The fourth-order valence-electron chi connectivity index (χ4n) is 3.13. The van der Waals surface area contributed by atoms with E-state index in [0.29, 0.717) is 19.6 Å². The van der Waals surface area contributed by atoms with Crippen LogP contribution in [0.5, 0.6) is 5.75 Å². The second-order valence-electron chi connectivity index (χ2n) is 6.54. The number of fused-ring (bicyclic) bond motifs is 2. The number of benzene rings is 1. The van der Waals surface area contributed by atoms with Gasteiger partial charge in [-0.1, -0.05) is 6.07 Å². The van der Waals surface area contributed by atoms with Crippen molar-refractivity contribution in [2.45, 2.75) is 13.1 Å². The van der Waals surface area contributed by atoms with E-state index in [9.17, 15) is 14.7 Å². The molecule has 27 heavy (non-hydrogen) atoms. The van der Waals surface area contributed by atoms with Crippen molar-refractivity contribution in [2.75, 3.05) is 20.6 Å². The van der Waals surface area contributed by atoms with Crippen molar-refractivity contribution in [2.24, 2.45) is 0 Å². The van der Waals surface area contributed by atoms with Gasteiger partial charge in [0.2, 0.25) is 0 Å². The summed E-state index contributed by atoms with van der Waals surface area (Å²) < 4.78 is 1.39. The highest BCUT2D eigenvalue weighted by Gasteiger charge is 2.32. The van der Waals surface area contributed by atoms with E-state index in [2.05, 4.69) is 15.1 Å². The lowest BCUT2D eigenvalue weighted by molar-refractivity contribution is 0.0736. The van der Waals surface area contributed by atoms with Gasteiger partial charge in [-0.25, -0.2) is 0 Å². The lowest BCUT2D eigenvalue weighted by Gasteiger charge is -2.22. The van der Waals surface area contributed by atoms with Crippen molar-refractivity contribution in [3.8, 4) is 5.75 Å². The van der Waals surface area contributed by atoms with Gasteiger partial charge in [0.05, 0.1) is 17.6 Å². The summed E-state index contributed by atoms with van der Waals surface area (Å²) in [5, 5.41) is 14.5. The smallest absolute Gasteiger partial charge is 0.278 e. The number of carbonyl (C=O) groups is 2. The highest BCUT2D eigenvalue weighted by Crippen LogP contribution is 2.27. The Hall–Kier alpha value is -3.49. The molecule has 0 fully saturated rings. The minimum atomic E-state index is -0.455. The Bertz CT molecular complexity index is 1060. The maximum Gasteiger partial charge on any atom is 0.278 e. The van der Waals surface area contributed by atoms with E-state index in [4.69, 9.17) is 0 Å². The van der Waals surface area contributed by atoms with E-state index in [-0.39, 0.29) is 23.0 Å². The first kappa shape index (κ1) is 17.0. The fourth-order valence-corrected chi connectivity index (χ4v) is 3.13. The molecule has 9 heteroatoms. The van der Waals surface area contributed by atoms with Crippen molar-refractivity contribution in [3.05, 3.63) is 47.5 Å². The van der Waals surface area contributed by atoms with Gasteiger partial charge < -0.3 is 14.9 Å². The fraction of sp³-hybridized carbons (Fsp3) is 0.278. The summed E-state index contributed by atoms with van der Waals surface area (Å²) >= 11 is 0. The van der Waals surface area contributed by atoms with E-state index >= 15 is 0 Å². The summed E-state index contributed by atoms with van der Waals surface area (Å²) in [6, 6.07) is 5.58. The third-order valence-electron chi connectivity index (χ3n) is 4.63. The zero-order valence-corrected chi connectivity index (χ0v) is 15.0. The highest BCUT2D eigenvalue weighted by atomic mass is 16.3. The largest absolute Gasteiger partial charge is 0.504 e. The zero-order valence-electron chi connectivity index (χ0n) is 15.0. The predicted molar refractivity (Wildman–Crippen MR) is 96.2 cm³/mol. The molecule has 2 amide bonds. The Morgan fingerprint density at radius 3 is 2.74 bits per heavy atom. The minimum Gasteiger partial charge on any atom is -0.504 e. The van der Waals surface area contributed by atoms with Crippen LogP contribution in [-0.2, 0) is 13.1 Å². The van der Waals surface area contributed by atoms with Gasteiger partial charge in [-0.15, -0.1) is 0 Å². The first-order valence-electron chi connectivity index (χ1n) is 8.46. The second-order valence-corrected chi connectivity index (χ2v) is 6.54. The zero-order chi connectivity index (χ0) is 19.1. The molecule has 1 aliphatic heterocycles. The standard InChI is InChI=1S/C18H18N6O3/c1-22-7-8-24-15(18(22)27)16(25)14(21-24)17(26)23(2)10-11-3-4-12-13(9-11)20-6-5-19-12/h3-6,9,25H,7-8,10H2,1-2H3. The lowest BCUT2D eigenvalue weighted by Crippen LogP contribution is -2.37. The SMILES string of the molecule is CN(Cc1ccc2nccnc2c1)C(=O)c1nn2c(c1O)C(=O)N(C)CC2. The van der Waals surface area contributed by atoms with Crippen LogP contribution in [0, 0.1) is 0 Å². The monoisotopic (exact) mass is 366 g/mol. The Kier molecular flexibility index (Phi) is 3.98. The molecule has 3 heterocycles. The average molecular weight is 366 g/mol. The van der Waals surface area contributed by atoms with Gasteiger partial charge in [0.15, 0.2) is 17.1 Å². The van der Waals surface area contributed by atoms with Gasteiger partial charge in [-0.05, 0) is 17.7 Å². The van der Waals surface area contributed by atoms with Crippen molar-refractivity contribution in [1.29, 1.82) is 0 Å². The first-order valence-corrected chi connectivity index (χ1v) is 8.46. The quantitative estimate of drug-likeness (QED) is 0.738. The van der Waals surface area contributed by atoms with E-state index in [1.165, 1.54) is 14.5 Å². The lowest BCUT2D eigenvalue weighted by atomic mass is 10.1. The summed E-state index contributed by atoms with van der Waals surface area (Å²) in [7, 11) is 3.27. The maximum absolute atomic E-state index is 12.8. The van der Waals surface area contributed by atoms with Crippen LogP contribution in [0.1, 0.15) is 26.5 Å². The molecule has 9 nitrogen and oxygen atoms in total. The van der Waals surface area contributed by atoms with Crippen LogP contribution in [0.4, 0.5) is 0 Å². The number of amides is 2.